The molecule has 1 aromatic heterocycles. The maximum Gasteiger partial charge on any atom is 0.0547 e. The van der Waals surface area contributed by atoms with Crippen LogP contribution in [0.15, 0.2) is 188 Å². The second kappa shape index (κ2) is 12.3. The predicted octanol–water partition coefficient (Wildman–Crippen LogP) is 13.8. The van der Waals surface area contributed by atoms with Crippen LogP contribution >= 0.6 is 0 Å². The zero-order chi connectivity index (χ0) is 35.5. The highest BCUT2D eigenvalue weighted by atomic mass is 15.0. The van der Waals surface area contributed by atoms with Gasteiger partial charge in [0, 0.05) is 38.8 Å². The standard InChI is InChI=1S/C51H38N2/c1-51(2)46-24-13-12-23-41(46)43-33-50-45(32-47(43)51)44-31-38(26-28-49(44)53(50)40-21-10-5-11-22-40)37-25-27-48(42(30-37)35-17-8-4-9-18-35)52-39-20-14-19-36(29-39)34-15-6-3-7-16-34/h3-33,52H,1-2H3. The Balaban J connectivity index is 1.13. The van der Waals surface area contributed by atoms with Gasteiger partial charge < -0.3 is 9.88 Å². The molecule has 1 aliphatic carbocycles. The molecule has 0 amide bonds. The van der Waals surface area contributed by atoms with Crippen LogP contribution in [0.4, 0.5) is 11.4 Å². The fourth-order valence-electron chi connectivity index (χ4n) is 8.50. The van der Waals surface area contributed by atoms with Gasteiger partial charge in [-0.3, -0.25) is 0 Å². The van der Waals surface area contributed by atoms with Gasteiger partial charge in [0.05, 0.1) is 11.0 Å². The van der Waals surface area contributed by atoms with Crippen LogP contribution in [0.5, 0.6) is 0 Å². The van der Waals surface area contributed by atoms with Gasteiger partial charge >= 0.3 is 0 Å². The van der Waals surface area contributed by atoms with E-state index < -0.39 is 0 Å². The largest absolute Gasteiger partial charge is 0.355 e. The van der Waals surface area contributed by atoms with Gasteiger partial charge in [0.1, 0.15) is 0 Å². The molecular weight excluding hydrogens is 641 g/mol. The Labute approximate surface area is 310 Å². The van der Waals surface area contributed by atoms with Gasteiger partial charge in [0.15, 0.2) is 0 Å². The molecule has 0 radical (unpaired) electrons. The molecule has 9 aromatic rings. The molecule has 10 rings (SSSR count). The Hall–Kier alpha value is -6.64. The quantitative estimate of drug-likeness (QED) is 0.185. The van der Waals surface area contributed by atoms with E-state index in [0.29, 0.717) is 0 Å². The third kappa shape index (κ3) is 5.18. The molecule has 53 heavy (non-hydrogen) atoms. The van der Waals surface area contributed by atoms with E-state index in [2.05, 4.69) is 212 Å². The fraction of sp³-hybridized carbons (Fsp3) is 0.0588. The predicted molar refractivity (Wildman–Crippen MR) is 224 cm³/mol. The molecule has 0 saturated carbocycles. The van der Waals surface area contributed by atoms with Gasteiger partial charge in [-0.15, -0.1) is 0 Å². The summed E-state index contributed by atoms with van der Waals surface area (Å²) in [6.07, 6.45) is 0. The summed E-state index contributed by atoms with van der Waals surface area (Å²) >= 11 is 0. The molecule has 252 valence electrons. The molecule has 0 fully saturated rings. The minimum atomic E-state index is -0.0765. The van der Waals surface area contributed by atoms with E-state index in [-0.39, 0.29) is 5.41 Å². The molecular formula is C51H38N2. The summed E-state index contributed by atoms with van der Waals surface area (Å²) in [7, 11) is 0. The molecule has 0 atom stereocenters. The summed E-state index contributed by atoms with van der Waals surface area (Å²) in [5, 5.41) is 6.31. The van der Waals surface area contributed by atoms with Crippen molar-refractivity contribution in [3.8, 4) is 50.2 Å². The molecule has 2 nitrogen and oxygen atoms in total. The molecule has 0 unspecified atom stereocenters. The van der Waals surface area contributed by atoms with E-state index in [1.165, 1.54) is 77.6 Å². The third-order valence-corrected chi connectivity index (χ3v) is 11.2. The maximum atomic E-state index is 3.77. The third-order valence-electron chi connectivity index (χ3n) is 11.2. The van der Waals surface area contributed by atoms with Crippen molar-refractivity contribution in [3.05, 3.63) is 199 Å². The van der Waals surface area contributed by atoms with Crippen molar-refractivity contribution in [2.45, 2.75) is 19.3 Å². The number of hydrogen-bond donors (Lipinski definition) is 1. The van der Waals surface area contributed by atoms with Crippen LogP contribution in [0.2, 0.25) is 0 Å². The molecule has 1 heterocycles. The van der Waals surface area contributed by atoms with Crippen LogP contribution < -0.4 is 5.32 Å². The highest BCUT2D eigenvalue weighted by Gasteiger charge is 2.36. The van der Waals surface area contributed by atoms with Gasteiger partial charge in [-0.05, 0) is 111 Å². The molecule has 0 saturated heterocycles. The van der Waals surface area contributed by atoms with Crippen molar-refractivity contribution in [2.24, 2.45) is 0 Å². The Morgan fingerprint density at radius 3 is 1.81 bits per heavy atom. The van der Waals surface area contributed by atoms with Crippen molar-refractivity contribution in [2.75, 3.05) is 5.32 Å². The number of hydrogen-bond acceptors (Lipinski definition) is 1. The number of fused-ring (bicyclic) bond motifs is 6. The SMILES string of the molecule is CC1(C)c2ccccc2-c2cc3c(cc21)c1cc(-c2ccc(Nc4cccc(-c5ccccc5)c4)c(-c4ccccc4)c2)ccc1n3-c1ccccc1. The van der Waals surface area contributed by atoms with E-state index >= 15 is 0 Å². The Morgan fingerprint density at radius 2 is 1.02 bits per heavy atom. The first-order chi connectivity index (χ1) is 26.0. The van der Waals surface area contributed by atoms with Crippen LogP contribution in [0.3, 0.4) is 0 Å². The molecule has 1 N–H and O–H groups in total. The van der Waals surface area contributed by atoms with Crippen molar-refractivity contribution in [3.63, 3.8) is 0 Å². The summed E-state index contributed by atoms with van der Waals surface area (Å²) in [4.78, 5) is 0. The average Bonchev–Trinajstić information content (AvgIpc) is 3.65. The molecule has 0 bridgehead atoms. The van der Waals surface area contributed by atoms with Gasteiger partial charge in [0.2, 0.25) is 0 Å². The second-order valence-corrected chi connectivity index (χ2v) is 14.7. The first-order valence-corrected chi connectivity index (χ1v) is 18.4. The van der Waals surface area contributed by atoms with Crippen LogP contribution in [0.25, 0.3) is 72.0 Å². The lowest BCUT2D eigenvalue weighted by atomic mass is 9.82. The monoisotopic (exact) mass is 678 g/mol. The van der Waals surface area contributed by atoms with Gasteiger partial charge in [0.25, 0.3) is 0 Å². The average molecular weight is 679 g/mol. The first kappa shape index (κ1) is 31.1. The lowest BCUT2D eigenvalue weighted by Gasteiger charge is -2.21. The first-order valence-electron chi connectivity index (χ1n) is 18.4. The van der Waals surface area contributed by atoms with E-state index in [0.717, 1.165) is 16.9 Å². The Kier molecular flexibility index (Phi) is 7.19. The number of benzene rings is 8. The van der Waals surface area contributed by atoms with E-state index in [1.807, 2.05) is 0 Å². The van der Waals surface area contributed by atoms with Crippen LogP contribution in [0, 0.1) is 0 Å². The van der Waals surface area contributed by atoms with Crippen molar-refractivity contribution < 1.29 is 0 Å². The summed E-state index contributed by atoms with van der Waals surface area (Å²) < 4.78 is 2.44. The zero-order valence-corrected chi connectivity index (χ0v) is 29.8. The summed E-state index contributed by atoms with van der Waals surface area (Å²) in [5.41, 5.74) is 18.3. The molecule has 2 heteroatoms. The highest BCUT2D eigenvalue weighted by molar-refractivity contribution is 6.12. The topological polar surface area (TPSA) is 17.0 Å². The molecule has 0 aliphatic heterocycles. The normalized spacial score (nSPS) is 12.9. The van der Waals surface area contributed by atoms with Crippen molar-refractivity contribution >= 4 is 33.2 Å². The van der Waals surface area contributed by atoms with Crippen LogP contribution in [-0.4, -0.2) is 4.57 Å². The van der Waals surface area contributed by atoms with Crippen molar-refractivity contribution in [1.29, 1.82) is 0 Å². The summed E-state index contributed by atoms with van der Waals surface area (Å²) in [5.74, 6) is 0. The fourth-order valence-corrected chi connectivity index (χ4v) is 8.50. The van der Waals surface area contributed by atoms with Crippen LogP contribution in [-0.2, 0) is 5.41 Å². The number of para-hydroxylation sites is 1. The number of nitrogens with zero attached hydrogens (tertiary/aromatic N) is 1. The number of anilines is 2. The Morgan fingerprint density at radius 1 is 0.396 bits per heavy atom. The lowest BCUT2D eigenvalue weighted by Crippen LogP contribution is -2.14. The summed E-state index contributed by atoms with van der Waals surface area (Å²) in [6.45, 7) is 4.73. The number of aromatic nitrogens is 1. The minimum absolute atomic E-state index is 0.0765. The Bertz CT molecular complexity index is 2810. The van der Waals surface area contributed by atoms with E-state index in [1.54, 1.807) is 0 Å². The smallest absolute Gasteiger partial charge is 0.0547 e. The lowest BCUT2D eigenvalue weighted by molar-refractivity contribution is 0.661. The molecule has 0 spiro atoms. The van der Waals surface area contributed by atoms with Gasteiger partial charge in [-0.1, -0.05) is 141 Å². The van der Waals surface area contributed by atoms with Crippen LogP contribution in [0.1, 0.15) is 25.0 Å². The van der Waals surface area contributed by atoms with E-state index in [9.17, 15) is 0 Å². The van der Waals surface area contributed by atoms with E-state index in [4.69, 9.17) is 0 Å². The number of nitrogens with one attached hydrogen (secondary N) is 1. The number of rotatable bonds is 6. The van der Waals surface area contributed by atoms with Crippen molar-refractivity contribution in [1.82, 2.24) is 4.57 Å². The van der Waals surface area contributed by atoms with Gasteiger partial charge in [-0.25, -0.2) is 0 Å². The molecule has 8 aromatic carbocycles. The second-order valence-electron chi connectivity index (χ2n) is 14.7. The maximum absolute atomic E-state index is 3.77. The summed E-state index contributed by atoms with van der Waals surface area (Å²) in [6, 6.07) is 68.3. The minimum Gasteiger partial charge on any atom is -0.355 e. The molecule has 1 aliphatic rings. The zero-order valence-electron chi connectivity index (χ0n) is 29.8. The highest BCUT2D eigenvalue weighted by Crippen LogP contribution is 2.51. The van der Waals surface area contributed by atoms with Gasteiger partial charge in [-0.2, -0.15) is 0 Å².